The maximum Gasteiger partial charge on any atom is 0.319 e. The third-order valence-electron chi connectivity index (χ3n) is 5.27. The van der Waals surface area contributed by atoms with Gasteiger partial charge in [0.05, 0.1) is 13.0 Å². The van der Waals surface area contributed by atoms with E-state index in [1.54, 1.807) is 7.11 Å². The molecule has 3 rings (SSSR count). The Balaban J connectivity index is 2.08. The second-order valence-electron chi connectivity index (χ2n) is 9.46. The molecule has 0 aromatic heterocycles. The van der Waals surface area contributed by atoms with E-state index >= 15 is 0 Å². The second-order valence-corrected chi connectivity index (χ2v) is 9.46. The first kappa shape index (κ1) is 19.5. The fourth-order valence-corrected chi connectivity index (χ4v) is 3.52. The van der Waals surface area contributed by atoms with Crippen LogP contribution in [0.3, 0.4) is 0 Å². The third kappa shape index (κ3) is 3.87. The topological polar surface area (TPSA) is 35.5 Å². The number of ether oxygens (including phenoxy) is 2. The van der Waals surface area contributed by atoms with Crippen molar-refractivity contribution in [3.05, 3.63) is 58.7 Å². The lowest BCUT2D eigenvalue weighted by Crippen LogP contribution is -2.29. The van der Waals surface area contributed by atoms with Gasteiger partial charge in [-0.1, -0.05) is 65.8 Å². The van der Waals surface area contributed by atoms with Crippen LogP contribution in [0.2, 0.25) is 0 Å². The molecule has 0 spiro atoms. The van der Waals surface area contributed by atoms with Crippen LogP contribution in [-0.2, 0) is 22.0 Å². The van der Waals surface area contributed by atoms with Crippen LogP contribution in [0.25, 0.3) is 0 Å². The first-order valence-electron chi connectivity index (χ1n) is 9.54. The lowest BCUT2D eigenvalue weighted by Gasteiger charge is -2.32. The largest absolute Gasteiger partial charge is 0.497 e. The summed E-state index contributed by atoms with van der Waals surface area (Å²) in [5.41, 5.74) is 4.40. The number of fused-ring (bicyclic) bond motifs is 1. The van der Waals surface area contributed by atoms with Gasteiger partial charge in [0.2, 0.25) is 0 Å². The molecule has 3 nitrogen and oxygen atoms in total. The van der Waals surface area contributed by atoms with Crippen LogP contribution in [0, 0.1) is 0 Å². The lowest BCUT2D eigenvalue weighted by atomic mass is 9.77. The zero-order valence-electron chi connectivity index (χ0n) is 17.5. The molecule has 1 unspecified atom stereocenters. The van der Waals surface area contributed by atoms with Gasteiger partial charge in [0.25, 0.3) is 0 Å². The van der Waals surface area contributed by atoms with Crippen LogP contribution in [-0.4, -0.2) is 13.1 Å². The average molecular weight is 367 g/mol. The Morgan fingerprint density at radius 1 is 0.963 bits per heavy atom. The summed E-state index contributed by atoms with van der Waals surface area (Å²) in [5, 5.41) is 0. The van der Waals surface area contributed by atoms with Crippen LogP contribution in [0.1, 0.15) is 69.7 Å². The van der Waals surface area contributed by atoms with Crippen molar-refractivity contribution in [1.82, 2.24) is 0 Å². The molecule has 1 atom stereocenters. The van der Waals surface area contributed by atoms with Crippen molar-refractivity contribution < 1.29 is 14.3 Å². The van der Waals surface area contributed by atoms with Crippen LogP contribution >= 0.6 is 0 Å². The van der Waals surface area contributed by atoms with E-state index in [-0.39, 0.29) is 22.7 Å². The number of rotatable bonds is 2. The molecule has 1 heterocycles. The summed E-state index contributed by atoms with van der Waals surface area (Å²) in [6.07, 6.45) is 0.660. The molecular weight excluding hydrogens is 336 g/mol. The lowest BCUT2D eigenvalue weighted by molar-refractivity contribution is -0.137. The highest BCUT2D eigenvalue weighted by atomic mass is 16.5. The van der Waals surface area contributed by atoms with E-state index in [0.29, 0.717) is 6.42 Å². The fourth-order valence-electron chi connectivity index (χ4n) is 3.52. The molecule has 2 aromatic rings. The van der Waals surface area contributed by atoms with E-state index in [2.05, 4.69) is 53.7 Å². The van der Waals surface area contributed by atoms with E-state index in [9.17, 15) is 4.79 Å². The van der Waals surface area contributed by atoms with Gasteiger partial charge >= 0.3 is 5.97 Å². The number of carbonyl (C=O) groups excluding carboxylic acids is 1. The van der Waals surface area contributed by atoms with Gasteiger partial charge in [0.15, 0.2) is 0 Å². The maximum absolute atomic E-state index is 12.8. The summed E-state index contributed by atoms with van der Waals surface area (Å²) < 4.78 is 11.1. The summed E-state index contributed by atoms with van der Waals surface area (Å²) in [6, 6.07) is 12.1. The summed E-state index contributed by atoms with van der Waals surface area (Å²) in [7, 11) is 1.64. The predicted molar refractivity (Wildman–Crippen MR) is 109 cm³/mol. The number of carbonyl (C=O) groups is 1. The summed E-state index contributed by atoms with van der Waals surface area (Å²) in [5.74, 6) is 1.08. The van der Waals surface area contributed by atoms with E-state index in [0.717, 1.165) is 28.2 Å². The summed E-state index contributed by atoms with van der Waals surface area (Å²) in [4.78, 5) is 12.8. The molecule has 0 radical (unpaired) electrons. The van der Waals surface area contributed by atoms with Crippen molar-refractivity contribution in [1.29, 1.82) is 0 Å². The standard InChI is InChI=1S/C24H30O3/c1-23(2,3)17-12-16-13-19(15-8-10-18(26-7)11-9-15)22(25)27-21(16)20(14-17)24(4,5)6/h8-12,14,19H,13H2,1-7H3. The van der Waals surface area contributed by atoms with Crippen LogP contribution < -0.4 is 9.47 Å². The van der Waals surface area contributed by atoms with Crippen LogP contribution in [0.4, 0.5) is 0 Å². The van der Waals surface area contributed by atoms with Gasteiger partial charge < -0.3 is 9.47 Å². The van der Waals surface area contributed by atoms with Gasteiger partial charge in [0, 0.05) is 5.56 Å². The quantitative estimate of drug-likeness (QED) is 0.517. The molecule has 0 N–H and O–H groups in total. The molecule has 0 aliphatic carbocycles. The van der Waals surface area contributed by atoms with Crippen molar-refractivity contribution in [3.63, 3.8) is 0 Å². The maximum atomic E-state index is 12.8. The summed E-state index contributed by atoms with van der Waals surface area (Å²) in [6.45, 7) is 13.2. The smallest absolute Gasteiger partial charge is 0.319 e. The second kappa shape index (κ2) is 6.70. The summed E-state index contributed by atoms with van der Waals surface area (Å²) >= 11 is 0. The Morgan fingerprint density at radius 3 is 2.11 bits per heavy atom. The Bertz CT molecular complexity index is 849. The van der Waals surface area contributed by atoms with Gasteiger partial charge in [-0.3, -0.25) is 4.79 Å². The highest BCUT2D eigenvalue weighted by Crippen LogP contribution is 2.43. The molecule has 144 valence electrons. The SMILES string of the molecule is COc1ccc(C2Cc3cc(C(C)(C)C)cc(C(C)(C)C)c3OC2=O)cc1. The van der Waals surface area contributed by atoms with Crippen molar-refractivity contribution in [3.8, 4) is 11.5 Å². The third-order valence-corrected chi connectivity index (χ3v) is 5.27. The Kier molecular flexibility index (Phi) is 4.83. The predicted octanol–water partition coefficient (Wildman–Crippen LogP) is 5.54. The van der Waals surface area contributed by atoms with E-state index in [1.165, 1.54) is 5.56 Å². The number of hydrogen-bond acceptors (Lipinski definition) is 3. The van der Waals surface area contributed by atoms with Gasteiger partial charge in [-0.15, -0.1) is 0 Å². The molecule has 0 saturated heterocycles. The normalized spacial score (nSPS) is 17.3. The molecular formula is C24H30O3. The van der Waals surface area contributed by atoms with Gasteiger partial charge in [-0.05, 0) is 46.1 Å². The minimum Gasteiger partial charge on any atom is -0.497 e. The Morgan fingerprint density at radius 2 is 1.59 bits per heavy atom. The molecule has 0 fully saturated rings. The van der Waals surface area contributed by atoms with E-state index in [1.807, 2.05) is 24.3 Å². The van der Waals surface area contributed by atoms with Gasteiger partial charge in [-0.25, -0.2) is 0 Å². The van der Waals surface area contributed by atoms with Crippen LogP contribution in [0.15, 0.2) is 36.4 Å². The monoisotopic (exact) mass is 366 g/mol. The molecule has 1 aliphatic rings. The average Bonchev–Trinajstić information content (AvgIpc) is 2.58. The number of benzene rings is 2. The molecule has 1 aliphatic heterocycles. The molecule has 0 bridgehead atoms. The molecule has 27 heavy (non-hydrogen) atoms. The van der Waals surface area contributed by atoms with Crippen molar-refractivity contribution >= 4 is 5.97 Å². The highest BCUT2D eigenvalue weighted by molar-refractivity contribution is 5.84. The minimum absolute atomic E-state index is 0.0338. The minimum atomic E-state index is -0.286. The van der Waals surface area contributed by atoms with Crippen molar-refractivity contribution in [2.24, 2.45) is 0 Å². The first-order valence-corrected chi connectivity index (χ1v) is 9.54. The van der Waals surface area contributed by atoms with Crippen molar-refractivity contribution in [2.45, 2.75) is 64.7 Å². The highest BCUT2D eigenvalue weighted by Gasteiger charge is 2.35. The molecule has 2 aromatic carbocycles. The van der Waals surface area contributed by atoms with Gasteiger partial charge in [0.1, 0.15) is 11.5 Å². The molecule has 0 saturated carbocycles. The fraction of sp³-hybridized carbons (Fsp3) is 0.458. The Labute approximate surface area is 162 Å². The van der Waals surface area contributed by atoms with Gasteiger partial charge in [-0.2, -0.15) is 0 Å². The van der Waals surface area contributed by atoms with Crippen LogP contribution in [0.5, 0.6) is 11.5 Å². The van der Waals surface area contributed by atoms with Crippen molar-refractivity contribution in [2.75, 3.05) is 7.11 Å². The number of hydrogen-bond donors (Lipinski definition) is 0. The number of esters is 1. The zero-order valence-corrected chi connectivity index (χ0v) is 17.5. The van der Waals surface area contributed by atoms with E-state index < -0.39 is 0 Å². The molecule has 3 heteroatoms. The Hall–Kier alpha value is -2.29. The molecule has 0 amide bonds. The number of methoxy groups -OCH3 is 1. The zero-order chi connectivity index (χ0) is 20.0. The van der Waals surface area contributed by atoms with E-state index in [4.69, 9.17) is 9.47 Å². The first-order chi connectivity index (χ1) is 12.5.